The lowest BCUT2D eigenvalue weighted by Gasteiger charge is -2.58. The molecule has 2 aliphatic rings. The van der Waals surface area contributed by atoms with Gasteiger partial charge in [-0.05, 0) is 0 Å². The maximum Gasteiger partial charge on any atom is 0.200 e. The molecule has 1 saturated carbocycles. The minimum atomic E-state index is -1.67. The molecule has 0 aromatic carbocycles. The zero-order chi connectivity index (χ0) is 11.8. The van der Waals surface area contributed by atoms with Crippen LogP contribution in [0.2, 0.25) is 0 Å². The van der Waals surface area contributed by atoms with Gasteiger partial charge in [-0.3, -0.25) is 4.79 Å². The second-order valence-corrected chi connectivity index (χ2v) is 7.05. The number of rotatable bonds is 0. The molecule has 0 aromatic rings. The molecular formula is C7HCl7O. The van der Waals surface area contributed by atoms with Crippen LogP contribution in [-0.2, 0) is 4.79 Å². The van der Waals surface area contributed by atoms with Crippen molar-refractivity contribution in [2.45, 2.75) is 19.5 Å². The molecule has 0 radical (unpaired) electrons. The van der Waals surface area contributed by atoms with E-state index in [4.69, 9.17) is 81.2 Å². The van der Waals surface area contributed by atoms with Crippen molar-refractivity contribution in [2.75, 3.05) is 0 Å². The molecule has 1 nitrogen and oxygen atoms in total. The standard InChI is InChI=1S/C7HCl7O/c8-1-2(9)6(12)5(11,3(1)15)4(10)7(6,13)14/h4H/t4-,5-,6+/m0/s1. The van der Waals surface area contributed by atoms with E-state index in [0.29, 0.717) is 0 Å². The smallest absolute Gasteiger partial charge is 0.200 e. The number of allylic oxidation sites excluding steroid dienone is 2. The molecule has 3 atom stereocenters. The minimum absolute atomic E-state index is 0.160. The SMILES string of the molecule is O=C1C(Cl)=C(Cl)[C@]2(Cl)C(Cl)(Cl)[C@@H](Cl)[C@@]12Cl. The minimum Gasteiger partial charge on any atom is -0.291 e. The molecule has 0 amide bonds. The van der Waals surface area contributed by atoms with Crippen LogP contribution in [0, 0.1) is 0 Å². The van der Waals surface area contributed by atoms with Crippen LogP contribution in [0.3, 0.4) is 0 Å². The summed E-state index contributed by atoms with van der Waals surface area (Å²) in [5, 5.41) is -1.49. The zero-order valence-corrected chi connectivity index (χ0v) is 11.9. The number of hydrogen-bond acceptors (Lipinski definition) is 1. The second-order valence-electron chi connectivity index (χ2n) is 3.31. The largest absolute Gasteiger partial charge is 0.291 e. The molecule has 0 bridgehead atoms. The molecule has 2 rings (SSSR count). The van der Waals surface area contributed by atoms with Crippen LogP contribution in [0.1, 0.15) is 0 Å². The highest BCUT2D eigenvalue weighted by Gasteiger charge is 2.86. The first-order chi connectivity index (χ1) is 6.63. The lowest BCUT2D eigenvalue weighted by Crippen LogP contribution is -2.78. The van der Waals surface area contributed by atoms with Crippen molar-refractivity contribution in [3.8, 4) is 0 Å². The average molecular weight is 349 g/mol. The summed E-state index contributed by atoms with van der Waals surface area (Å²) in [6.45, 7) is 0. The van der Waals surface area contributed by atoms with E-state index in [2.05, 4.69) is 0 Å². The van der Waals surface area contributed by atoms with Gasteiger partial charge < -0.3 is 0 Å². The van der Waals surface area contributed by atoms with Gasteiger partial charge in [-0.1, -0.05) is 46.4 Å². The van der Waals surface area contributed by atoms with Gasteiger partial charge >= 0.3 is 0 Å². The molecule has 0 saturated heterocycles. The van der Waals surface area contributed by atoms with Crippen LogP contribution in [0.5, 0.6) is 0 Å². The van der Waals surface area contributed by atoms with Gasteiger partial charge in [0.05, 0.1) is 10.4 Å². The topological polar surface area (TPSA) is 17.1 Å². The molecule has 15 heavy (non-hydrogen) atoms. The number of halogens is 7. The summed E-state index contributed by atoms with van der Waals surface area (Å²) in [7, 11) is 0. The fourth-order valence-electron chi connectivity index (χ4n) is 1.75. The van der Waals surface area contributed by atoms with Crippen LogP contribution in [-0.4, -0.2) is 25.2 Å². The second kappa shape index (κ2) is 3.26. The summed E-state index contributed by atoms with van der Waals surface area (Å²) in [4.78, 5) is 8.38. The van der Waals surface area contributed by atoms with Gasteiger partial charge in [-0.15, -0.1) is 34.8 Å². The summed E-state index contributed by atoms with van der Waals surface area (Å²) in [5.41, 5.74) is 0. The van der Waals surface area contributed by atoms with Crippen molar-refractivity contribution < 1.29 is 4.79 Å². The predicted molar refractivity (Wildman–Crippen MR) is 65.0 cm³/mol. The highest BCUT2D eigenvalue weighted by molar-refractivity contribution is 6.72. The highest BCUT2D eigenvalue weighted by atomic mass is 35.5. The van der Waals surface area contributed by atoms with E-state index in [1.807, 2.05) is 0 Å². The third-order valence-corrected chi connectivity index (χ3v) is 7.42. The van der Waals surface area contributed by atoms with Gasteiger partial charge in [0.15, 0.2) is 15.0 Å². The van der Waals surface area contributed by atoms with E-state index >= 15 is 0 Å². The third kappa shape index (κ3) is 1.05. The van der Waals surface area contributed by atoms with Gasteiger partial charge in [-0.25, -0.2) is 0 Å². The van der Waals surface area contributed by atoms with Crippen LogP contribution >= 0.6 is 81.2 Å². The van der Waals surface area contributed by atoms with Crippen molar-refractivity contribution >= 4 is 87.0 Å². The first-order valence-electron chi connectivity index (χ1n) is 3.63. The third-order valence-electron chi connectivity index (χ3n) is 2.65. The predicted octanol–water partition coefficient (Wildman–Crippen LogP) is 4.01. The number of fused-ring (bicyclic) bond motifs is 1. The highest BCUT2D eigenvalue weighted by Crippen LogP contribution is 2.73. The normalized spacial score (nSPS) is 47.9. The molecule has 0 unspecified atom stereocenters. The Morgan fingerprint density at radius 3 is 1.93 bits per heavy atom. The van der Waals surface area contributed by atoms with Crippen molar-refractivity contribution in [3.63, 3.8) is 0 Å². The molecule has 2 aliphatic carbocycles. The fraction of sp³-hybridized carbons (Fsp3) is 0.571. The van der Waals surface area contributed by atoms with Crippen molar-refractivity contribution in [2.24, 2.45) is 0 Å². The van der Waals surface area contributed by atoms with Crippen molar-refractivity contribution in [1.29, 1.82) is 0 Å². The summed E-state index contributed by atoms with van der Waals surface area (Å²) in [6, 6.07) is 0. The van der Waals surface area contributed by atoms with Crippen LogP contribution < -0.4 is 0 Å². The van der Waals surface area contributed by atoms with Crippen LogP contribution in [0.25, 0.3) is 0 Å². The molecule has 0 aromatic heterocycles. The zero-order valence-electron chi connectivity index (χ0n) is 6.63. The van der Waals surface area contributed by atoms with Crippen molar-refractivity contribution in [1.82, 2.24) is 0 Å². The maximum absolute atomic E-state index is 11.7. The fourth-order valence-corrected chi connectivity index (χ4v) is 5.13. The van der Waals surface area contributed by atoms with Crippen LogP contribution in [0.15, 0.2) is 10.1 Å². The Balaban J connectivity index is 2.67. The molecule has 1 fully saturated rings. The molecule has 84 valence electrons. The van der Waals surface area contributed by atoms with Gasteiger partial charge in [-0.2, -0.15) is 0 Å². The Kier molecular flexibility index (Phi) is 2.80. The van der Waals surface area contributed by atoms with E-state index in [0.717, 1.165) is 0 Å². The number of Topliss-reactive ketones (excluding diaryl/α,β-unsaturated/α-hetero) is 1. The Bertz CT molecular complexity index is 402. The average Bonchev–Trinajstić information content (AvgIpc) is 2.31. The summed E-state index contributed by atoms with van der Waals surface area (Å²) in [5.74, 6) is -0.650. The van der Waals surface area contributed by atoms with E-state index < -0.39 is 25.2 Å². The molecule has 0 aliphatic heterocycles. The molecule has 0 heterocycles. The first kappa shape index (κ1) is 12.9. The number of carbonyl (C=O) groups is 1. The van der Waals surface area contributed by atoms with Crippen molar-refractivity contribution in [3.05, 3.63) is 10.1 Å². The Morgan fingerprint density at radius 2 is 1.53 bits per heavy atom. The van der Waals surface area contributed by atoms with Gasteiger partial charge in [0.1, 0.15) is 9.91 Å². The Labute approximate surface area is 121 Å². The van der Waals surface area contributed by atoms with Gasteiger partial charge in [0.25, 0.3) is 0 Å². The van der Waals surface area contributed by atoms with E-state index in [-0.39, 0.29) is 10.1 Å². The number of hydrogen-bond donors (Lipinski definition) is 0. The first-order valence-corrected chi connectivity index (χ1v) is 6.34. The molecule has 8 heteroatoms. The summed E-state index contributed by atoms with van der Waals surface area (Å²) >= 11 is 41.3. The lowest BCUT2D eigenvalue weighted by molar-refractivity contribution is -0.118. The van der Waals surface area contributed by atoms with Gasteiger partial charge in [0.2, 0.25) is 0 Å². The van der Waals surface area contributed by atoms with Crippen LogP contribution in [0.4, 0.5) is 0 Å². The van der Waals surface area contributed by atoms with E-state index in [1.165, 1.54) is 0 Å². The van der Waals surface area contributed by atoms with Gasteiger partial charge in [0, 0.05) is 0 Å². The monoisotopic (exact) mass is 346 g/mol. The maximum atomic E-state index is 11.7. The van der Waals surface area contributed by atoms with E-state index in [9.17, 15) is 4.79 Å². The lowest BCUT2D eigenvalue weighted by atomic mass is 9.71. The Hall–Kier alpha value is 1.44. The molecule has 0 spiro atoms. The summed E-state index contributed by atoms with van der Waals surface area (Å²) < 4.78 is -1.64. The molecular weight excluding hydrogens is 348 g/mol. The number of carbonyl (C=O) groups excluding carboxylic acids is 1. The number of ketones is 1. The quantitative estimate of drug-likeness (QED) is 0.604. The molecule has 0 N–H and O–H groups in total. The Morgan fingerprint density at radius 1 is 1.07 bits per heavy atom. The number of alkyl halides is 5. The van der Waals surface area contributed by atoms with E-state index in [1.54, 1.807) is 0 Å². The summed E-state index contributed by atoms with van der Waals surface area (Å²) in [6.07, 6.45) is 0.